The molecule has 0 unspecified atom stereocenters. The van der Waals surface area contributed by atoms with Crippen LogP contribution in [-0.2, 0) is 9.53 Å². The van der Waals surface area contributed by atoms with E-state index in [0.717, 1.165) is 70.7 Å². The van der Waals surface area contributed by atoms with E-state index in [1.165, 1.54) is 0 Å². The Morgan fingerprint density at radius 2 is 1.86 bits per heavy atom. The normalized spacial score (nSPS) is 20.4. The van der Waals surface area contributed by atoms with Crippen LogP contribution in [0.1, 0.15) is 52.4 Å². The number of guanidine groups is 1. The van der Waals surface area contributed by atoms with Crippen LogP contribution in [0.15, 0.2) is 4.99 Å². The van der Waals surface area contributed by atoms with E-state index < -0.39 is 0 Å². The monoisotopic (exact) mass is 523 g/mol. The maximum absolute atomic E-state index is 12.7. The summed E-state index contributed by atoms with van der Waals surface area (Å²) < 4.78 is 5.66. The van der Waals surface area contributed by atoms with Gasteiger partial charge < -0.3 is 25.2 Å². The third-order valence-corrected chi connectivity index (χ3v) is 6.03. The highest BCUT2D eigenvalue weighted by Crippen LogP contribution is 2.38. The van der Waals surface area contributed by atoms with Crippen LogP contribution >= 0.6 is 24.0 Å². The highest BCUT2D eigenvalue weighted by atomic mass is 127. The number of carbonyl (C=O) groups is 1. The molecule has 2 rings (SSSR count). The van der Waals surface area contributed by atoms with Crippen molar-refractivity contribution in [3.63, 3.8) is 0 Å². The number of hydrogen-bond donors (Lipinski definition) is 2. The minimum Gasteiger partial charge on any atom is -0.377 e. The standard InChI is InChI=1S/C21H41N5O2.HI/c1-17(2)28-15-14-26-12-8-18(9-13-26)24-20(22-3)23-16-21(10-6-7-11-21)19(27)25(4)5;/h17-18H,6-16H2,1-5H3,(H2,22,23,24);1H. The molecule has 0 aromatic heterocycles. The minimum atomic E-state index is -0.277. The molecule has 2 N–H and O–H groups in total. The Hall–Kier alpha value is -0.610. The molecule has 0 radical (unpaired) electrons. The first-order chi connectivity index (χ1) is 13.4. The molecule has 1 aliphatic heterocycles. The summed E-state index contributed by atoms with van der Waals surface area (Å²) in [6.07, 6.45) is 6.69. The van der Waals surface area contributed by atoms with Crippen LogP contribution in [0.5, 0.6) is 0 Å². The molecule has 1 saturated heterocycles. The zero-order valence-electron chi connectivity index (χ0n) is 19.0. The fourth-order valence-electron chi connectivity index (χ4n) is 4.35. The van der Waals surface area contributed by atoms with Gasteiger partial charge >= 0.3 is 0 Å². The number of rotatable bonds is 8. The summed E-state index contributed by atoms with van der Waals surface area (Å²) in [5, 5.41) is 7.02. The van der Waals surface area contributed by atoms with Gasteiger partial charge in [-0.3, -0.25) is 9.79 Å². The van der Waals surface area contributed by atoms with E-state index in [1.807, 2.05) is 21.1 Å². The van der Waals surface area contributed by atoms with Crippen molar-refractivity contribution in [3.8, 4) is 0 Å². The number of carbonyl (C=O) groups excluding carboxylic acids is 1. The average molecular weight is 524 g/mol. The predicted octanol–water partition coefficient (Wildman–Crippen LogP) is 2.31. The third-order valence-electron chi connectivity index (χ3n) is 6.03. The van der Waals surface area contributed by atoms with Gasteiger partial charge in [0.05, 0.1) is 18.1 Å². The average Bonchev–Trinajstić information content (AvgIpc) is 3.15. The molecule has 1 aliphatic carbocycles. The molecule has 1 amide bonds. The molecule has 1 saturated carbocycles. The van der Waals surface area contributed by atoms with E-state index >= 15 is 0 Å². The molecule has 170 valence electrons. The van der Waals surface area contributed by atoms with Gasteiger partial charge in [-0.1, -0.05) is 12.8 Å². The summed E-state index contributed by atoms with van der Waals surface area (Å²) in [6.45, 7) is 8.80. The van der Waals surface area contributed by atoms with E-state index in [1.54, 1.807) is 4.90 Å². The van der Waals surface area contributed by atoms with E-state index in [0.29, 0.717) is 18.7 Å². The number of ether oxygens (including phenoxy) is 1. The second kappa shape index (κ2) is 12.9. The maximum Gasteiger partial charge on any atom is 0.230 e. The van der Waals surface area contributed by atoms with Gasteiger partial charge in [0.1, 0.15) is 0 Å². The topological polar surface area (TPSA) is 69.2 Å². The summed E-state index contributed by atoms with van der Waals surface area (Å²) >= 11 is 0. The lowest BCUT2D eigenvalue weighted by atomic mass is 9.84. The van der Waals surface area contributed by atoms with Crippen LogP contribution in [0.4, 0.5) is 0 Å². The molecule has 0 bridgehead atoms. The molecule has 29 heavy (non-hydrogen) atoms. The lowest BCUT2D eigenvalue weighted by Crippen LogP contribution is -2.52. The van der Waals surface area contributed by atoms with Crippen molar-refractivity contribution in [1.29, 1.82) is 0 Å². The second-order valence-electron chi connectivity index (χ2n) is 8.79. The minimum absolute atomic E-state index is 0. The quantitative estimate of drug-likeness (QED) is 0.291. The lowest BCUT2D eigenvalue weighted by molar-refractivity contribution is -0.138. The molecule has 2 aliphatic rings. The van der Waals surface area contributed by atoms with E-state index in [4.69, 9.17) is 4.74 Å². The first kappa shape index (κ1) is 26.4. The molecule has 0 spiro atoms. The smallest absolute Gasteiger partial charge is 0.230 e. The molecule has 0 aromatic carbocycles. The Bertz CT molecular complexity index is 513. The highest BCUT2D eigenvalue weighted by Gasteiger charge is 2.42. The van der Waals surface area contributed by atoms with Gasteiger partial charge in [-0.05, 0) is 39.5 Å². The largest absolute Gasteiger partial charge is 0.377 e. The first-order valence-corrected chi connectivity index (χ1v) is 10.9. The number of nitrogens with one attached hydrogen (secondary N) is 2. The molecule has 0 atom stereocenters. The van der Waals surface area contributed by atoms with Crippen molar-refractivity contribution in [2.45, 2.75) is 64.5 Å². The summed E-state index contributed by atoms with van der Waals surface area (Å²) in [4.78, 5) is 21.3. The summed E-state index contributed by atoms with van der Waals surface area (Å²) in [6, 6.07) is 0.428. The van der Waals surface area contributed by atoms with E-state index in [9.17, 15) is 4.79 Å². The Balaban J connectivity index is 0.00000420. The zero-order valence-corrected chi connectivity index (χ0v) is 21.3. The zero-order chi connectivity index (χ0) is 20.6. The fourth-order valence-corrected chi connectivity index (χ4v) is 4.35. The van der Waals surface area contributed by atoms with Crippen LogP contribution < -0.4 is 10.6 Å². The highest BCUT2D eigenvalue weighted by molar-refractivity contribution is 14.0. The van der Waals surface area contributed by atoms with Crippen molar-refractivity contribution >= 4 is 35.8 Å². The lowest BCUT2D eigenvalue weighted by Gasteiger charge is -2.34. The Morgan fingerprint density at radius 1 is 1.24 bits per heavy atom. The molecule has 0 aromatic rings. The van der Waals surface area contributed by atoms with Crippen LogP contribution in [0.2, 0.25) is 0 Å². The SMILES string of the molecule is CN=C(NCC1(C(=O)N(C)C)CCCC1)NC1CCN(CCOC(C)C)CC1.I. The summed E-state index contributed by atoms with van der Waals surface area (Å²) in [7, 11) is 5.52. The third kappa shape index (κ3) is 8.20. The predicted molar refractivity (Wildman–Crippen MR) is 130 cm³/mol. The van der Waals surface area contributed by atoms with Crippen molar-refractivity contribution in [2.24, 2.45) is 10.4 Å². The fraction of sp³-hybridized carbons (Fsp3) is 0.905. The van der Waals surface area contributed by atoms with Crippen LogP contribution in [0, 0.1) is 5.41 Å². The van der Waals surface area contributed by atoms with Crippen LogP contribution in [-0.4, -0.2) is 87.7 Å². The molecule has 8 heteroatoms. The van der Waals surface area contributed by atoms with E-state index in [-0.39, 0.29) is 35.3 Å². The summed E-state index contributed by atoms with van der Waals surface area (Å²) in [5.74, 6) is 1.06. The van der Waals surface area contributed by atoms with Gasteiger partial charge in [-0.15, -0.1) is 24.0 Å². The molecule has 7 nitrogen and oxygen atoms in total. The second-order valence-corrected chi connectivity index (χ2v) is 8.79. The Kier molecular flexibility index (Phi) is 11.8. The van der Waals surface area contributed by atoms with Gasteiger partial charge in [0, 0.05) is 53.4 Å². The van der Waals surface area contributed by atoms with Gasteiger partial charge in [-0.2, -0.15) is 0 Å². The van der Waals surface area contributed by atoms with Crippen molar-refractivity contribution < 1.29 is 9.53 Å². The van der Waals surface area contributed by atoms with Gasteiger partial charge in [0.15, 0.2) is 5.96 Å². The molecular weight excluding hydrogens is 481 g/mol. The number of aliphatic imine (C=N–C) groups is 1. The molecular formula is C21H42IN5O2. The van der Waals surface area contributed by atoms with Gasteiger partial charge in [0.25, 0.3) is 0 Å². The number of hydrogen-bond acceptors (Lipinski definition) is 4. The Morgan fingerprint density at radius 3 is 2.38 bits per heavy atom. The summed E-state index contributed by atoms with van der Waals surface area (Å²) in [5.41, 5.74) is -0.277. The van der Waals surface area contributed by atoms with Crippen LogP contribution in [0.25, 0.3) is 0 Å². The van der Waals surface area contributed by atoms with Gasteiger partial charge in [-0.25, -0.2) is 0 Å². The van der Waals surface area contributed by atoms with Crippen LogP contribution in [0.3, 0.4) is 0 Å². The molecule has 2 fully saturated rings. The maximum atomic E-state index is 12.7. The number of amides is 1. The van der Waals surface area contributed by atoms with Crippen molar-refractivity contribution in [2.75, 3.05) is 53.9 Å². The van der Waals surface area contributed by atoms with Gasteiger partial charge in [0.2, 0.25) is 5.91 Å². The Labute approximate surface area is 194 Å². The van der Waals surface area contributed by atoms with Crippen molar-refractivity contribution in [3.05, 3.63) is 0 Å². The first-order valence-electron chi connectivity index (χ1n) is 10.9. The van der Waals surface area contributed by atoms with E-state index in [2.05, 4.69) is 34.4 Å². The number of nitrogens with zero attached hydrogens (tertiary/aromatic N) is 3. The molecule has 1 heterocycles. The number of halogens is 1. The number of piperidine rings is 1. The van der Waals surface area contributed by atoms with Crippen molar-refractivity contribution in [1.82, 2.24) is 20.4 Å². The number of likely N-dealkylation sites (tertiary alicyclic amines) is 1.